The minimum absolute atomic E-state index is 0.0150. The summed E-state index contributed by atoms with van der Waals surface area (Å²) in [4.78, 5) is 19.8. The molecule has 0 saturated carbocycles. The number of pyridine rings is 1. The van der Waals surface area contributed by atoms with Crippen molar-refractivity contribution in [2.75, 3.05) is 37.3 Å². The van der Waals surface area contributed by atoms with Crippen molar-refractivity contribution in [3.8, 4) is 17.0 Å². The first-order valence-electron chi connectivity index (χ1n) is 19.1. The van der Waals surface area contributed by atoms with Gasteiger partial charge >= 0.3 is 6.09 Å². The number of nitrogens with zero attached hydrogens (tertiary/aromatic N) is 4. The van der Waals surface area contributed by atoms with E-state index in [4.69, 9.17) is 29.0 Å². The van der Waals surface area contributed by atoms with E-state index in [0.29, 0.717) is 48.9 Å². The van der Waals surface area contributed by atoms with E-state index in [1.54, 1.807) is 13.1 Å². The van der Waals surface area contributed by atoms with Gasteiger partial charge < -0.3 is 24.3 Å². The number of ether oxygens (including phenoxy) is 4. The van der Waals surface area contributed by atoms with E-state index < -0.39 is 28.1 Å². The minimum atomic E-state index is -1.29. The van der Waals surface area contributed by atoms with Crippen molar-refractivity contribution < 1.29 is 28.1 Å². The third-order valence-corrected chi connectivity index (χ3v) is 13.5. The zero-order valence-corrected chi connectivity index (χ0v) is 38.0. The SMILES string of the molecule is CCc1cc(OCOCC[Si](C)(C)C)c(F)cc1-c1cc2c(c(I)nn2COCC[Si](C)(C)C)c(NCc2ccccc2N(C)C(=O)OCc2ccccc2)n1. The molecule has 0 fully saturated rings. The number of para-hydroxylation sites is 1. The Balaban J connectivity index is 1.45. The van der Waals surface area contributed by atoms with Gasteiger partial charge in [0, 0.05) is 48.5 Å². The van der Waals surface area contributed by atoms with E-state index >= 15 is 4.39 Å². The molecule has 56 heavy (non-hydrogen) atoms. The van der Waals surface area contributed by atoms with Crippen LogP contribution in [0.25, 0.3) is 22.2 Å². The summed E-state index contributed by atoms with van der Waals surface area (Å²) in [6.45, 7) is 17.9. The lowest BCUT2D eigenvalue weighted by Crippen LogP contribution is -2.28. The van der Waals surface area contributed by atoms with Crippen molar-refractivity contribution >= 4 is 67.2 Å². The van der Waals surface area contributed by atoms with Gasteiger partial charge in [-0.05, 0) is 82.1 Å². The van der Waals surface area contributed by atoms with Gasteiger partial charge in [0.1, 0.15) is 22.9 Å². The van der Waals surface area contributed by atoms with Crippen LogP contribution in [0.15, 0.2) is 72.8 Å². The van der Waals surface area contributed by atoms with E-state index in [2.05, 4.69) is 67.2 Å². The third kappa shape index (κ3) is 12.1. The van der Waals surface area contributed by atoms with E-state index in [9.17, 15) is 4.79 Å². The van der Waals surface area contributed by atoms with Crippen LogP contribution in [0.3, 0.4) is 0 Å². The molecule has 300 valence electrons. The zero-order valence-electron chi connectivity index (χ0n) is 33.9. The first-order chi connectivity index (χ1) is 26.6. The summed E-state index contributed by atoms with van der Waals surface area (Å²) in [6.07, 6.45) is 0.162. The highest BCUT2D eigenvalue weighted by atomic mass is 127. The summed E-state index contributed by atoms with van der Waals surface area (Å²) in [5.74, 6) is 0.241. The first kappa shape index (κ1) is 43.3. The number of hydrogen-bond donors (Lipinski definition) is 1. The molecule has 3 aromatic carbocycles. The number of anilines is 2. The molecule has 5 aromatic rings. The Morgan fingerprint density at radius 3 is 2.29 bits per heavy atom. The Hall–Kier alpha value is -3.84. The molecule has 0 aliphatic carbocycles. The van der Waals surface area contributed by atoms with E-state index in [0.717, 1.165) is 43.4 Å². The van der Waals surface area contributed by atoms with Crippen LogP contribution in [0.5, 0.6) is 5.75 Å². The van der Waals surface area contributed by atoms with Gasteiger partial charge in [0.05, 0.1) is 22.3 Å². The summed E-state index contributed by atoms with van der Waals surface area (Å²) in [5.41, 5.74) is 5.40. The van der Waals surface area contributed by atoms with Crippen LogP contribution in [-0.4, -0.2) is 64.1 Å². The Morgan fingerprint density at radius 1 is 0.911 bits per heavy atom. The number of amides is 1. The van der Waals surface area contributed by atoms with Crippen LogP contribution in [0.2, 0.25) is 51.4 Å². The molecule has 0 unspecified atom stereocenters. The smallest absolute Gasteiger partial charge is 0.414 e. The summed E-state index contributed by atoms with van der Waals surface area (Å²) in [7, 11) is -0.845. The predicted octanol–water partition coefficient (Wildman–Crippen LogP) is 10.8. The van der Waals surface area contributed by atoms with Gasteiger partial charge in [0.15, 0.2) is 18.4 Å². The second-order valence-corrected chi connectivity index (χ2v) is 28.5. The van der Waals surface area contributed by atoms with Gasteiger partial charge in [-0.15, -0.1) is 0 Å². The van der Waals surface area contributed by atoms with Crippen molar-refractivity contribution in [3.05, 3.63) is 99.0 Å². The fraction of sp³-hybridized carbons (Fsp3) is 0.405. The maximum Gasteiger partial charge on any atom is 0.414 e. The van der Waals surface area contributed by atoms with Gasteiger partial charge in [-0.1, -0.05) is 94.7 Å². The van der Waals surface area contributed by atoms with Crippen LogP contribution in [0.1, 0.15) is 23.6 Å². The Kier molecular flexibility index (Phi) is 15.1. The fourth-order valence-corrected chi connectivity index (χ4v) is 8.21. The van der Waals surface area contributed by atoms with Crippen LogP contribution in [0.4, 0.5) is 20.7 Å². The van der Waals surface area contributed by atoms with Gasteiger partial charge in [-0.25, -0.2) is 18.9 Å². The van der Waals surface area contributed by atoms with Crippen LogP contribution >= 0.6 is 22.6 Å². The number of carbonyl (C=O) groups is 1. The van der Waals surface area contributed by atoms with Gasteiger partial charge in [-0.2, -0.15) is 5.10 Å². The monoisotopic (exact) mass is 911 g/mol. The number of hydrogen-bond acceptors (Lipinski definition) is 8. The summed E-state index contributed by atoms with van der Waals surface area (Å²) >= 11 is 2.23. The second-order valence-electron chi connectivity index (χ2n) is 16.2. The van der Waals surface area contributed by atoms with E-state index in [1.807, 2.05) is 72.3 Å². The van der Waals surface area contributed by atoms with Crippen molar-refractivity contribution in [2.24, 2.45) is 0 Å². The third-order valence-electron chi connectivity index (χ3n) is 9.29. The molecule has 5 rings (SSSR count). The van der Waals surface area contributed by atoms with Gasteiger partial charge in [-0.3, -0.25) is 4.90 Å². The van der Waals surface area contributed by atoms with Gasteiger partial charge in [0.25, 0.3) is 0 Å². The molecule has 2 heterocycles. The molecule has 0 aliphatic heterocycles. The van der Waals surface area contributed by atoms with Crippen molar-refractivity contribution in [2.45, 2.75) is 84.6 Å². The number of halogens is 2. The standard InChI is InChI=1S/C42H55FIN5O5Si2/c1-9-31-23-38(54-29-52-20-22-56(6,7)8)34(43)24-33(31)35-25-37-39(40(44)47-49(37)28-51-19-21-55(3,4)5)41(46-35)45-26-32-17-13-14-18-36(32)48(2)42(50)53-27-30-15-11-10-12-16-30/h10-18,23-25H,9,19-22,26-29H2,1-8H3,(H,45,46). The molecule has 0 saturated heterocycles. The van der Waals surface area contributed by atoms with Crippen molar-refractivity contribution in [1.82, 2.24) is 14.8 Å². The van der Waals surface area contributed by atoms with E-state index in [-0.39, 0.29) is 25.9 Å². The molecule has 10 nitrogen and oxygen atoms in total. The zero-order chi connectivity index (χ0) is 40.5. The van der Waals surface area contributed by atoms with Gasteiger partial charge in [0.2, 0.25) is 0 Å². The molecule has 0 aliphatic rings. The lowest BCUT2D eigenvalue weighted by molar-refractivity contribution is 0.0197. The predicted molar refractivity (Wildman–Crippen MR) is 238 cm³/mol. The molecule has 1 N–H and O–H groups in total. The normalized spacial score (nSPS) is 11.9. The number of aryl methyl sites for hydroxylation is 1. The van der Waals surface area contributed by atoms with Crippen molar-refractivity contribution in [1.29, 1.82) is 0 Å². The average Bonchev–Trinajstić information content (AvgIpc) is 3.48. The maximum absolute atomic E-state index is 15.8. The molecule has 1 amide bonds. The number of rotatable bonds is 19. The summed E-state index contributed by atoms with van der Waals surface area (Å²) in [6, 6.07) is 24.5. The van der Waals surface area contributed by atoms with Crippen LogP contribution in [0, 0.1) is 9.52 Å². The lowest BCUT2D eigenvalue weighted by atomic mass is 10.0. The number of carbonyl (C=O) groups excluding carboxylic acids is 1. The van der Waals surface area contributed by atoms with E-state index in [1.165, 1.54) is 11.0 Å². The Bertz CT molecular complexity index is 2090. The molecule has 2 aromatic heterocycles. The highest BCUT2D eigenvalue weighted by molar-refractivity contribution is 14.1. The molecule has 0 spiro atoms. The molecule has 0 radical (unpaired) electrons. The Labute approximate surface area is 346 Å². The maximum atomic E-state index is 15.8. The minimum Gasteiger partial charge on any atom is -0.464 e. The number of aromatic nitrogens is 3. The highest BCUT2D eigenvalue weighted by Gasteiger charge is 2.22. The number of benzene rings is 3. The average molecular weight is 912 g/mol. The quantitative estimate of drug-likeness (QED) is 0.0378. The Morgan fingerprint density at radius 2 is 1.59 bits per heavy atom. The molecule has 0 bridgehead atoms. The topological polar surface area (TPSA) is 100.0 Å². The fourth-order valence-electron chi connectivity index (χ4n) is 5.90. The summed E-state index contributed by atoms with van der Waals surface area (Å²) < 4.78 is 41.6. The molecule has 14 heteroatoms. The summed E-state index contributed by atoms with van der Waals surface area (Å²) in [5, 5.41) is 9.23. The molecular weight excluding hydrogens is 857 g/mol. The molecule has 0 atom stereocenters. The lowest BCUT2D eigenvalue weighted by Gasteiger charge is -2.21. The molecular formula is C42H55FIN5O5Si2. The number of fused-ring (bicyclic) bond motifs is 1. The largest absolute Gasteiger partial charge is 0.464 e. The van der Waals surface area contributed by atoms with Crippen LogP contribution in [-0.2, 0) is 40.5 Å². The van der Waals surface area contributed by atoms with Crippen LogP contribution < -0.4 is 15.0 Å². The highest BCUT2D eigenvalue weighted by Crippen LogP contribution is 2.36. The number of nitrogens with one attached hydrogen (secondary N) is 1. The van der Waals surface area contributed by atoms with Crippen molar-refractivity contribution in [3.63, 3.8) is 0 Å². The first-order valence-corrected chi connectivity index (χ1v) is 27.6. The second kappa shape index (κ2) is 19.5.